The number of nitriles is 1. The second kappa shape index (κ2) is 8.28. The molecule has 1 heterocycles. The summed E-state index contributed by atoms with van der Waals surface area (Å²) >= 11 is 0. The van der Waals surface area contributed by atoms with Crippen molar-refractivity contribution in [3.63, 3.8) is 0 Å². The molecule has 1 aromatic heterocycles. The van der Waals surface area contributed by atoms with Crippen LogP contribution < -0.4 is 5.56 Å². The van der Waals surface area contributed by atoms with Gasteiger partial charge in [-0.25, -0.2) is 9.78 Å². The Morgan fingerprint density at radius 2 is 1.72 bits per heavy atom. The van der Waals surface area contributed by atoms with E-state index in [0.29, 0.717) is 27.9 Å². The summed E-state index contributed by atoms with van der Waals surface area (Å²) in [6.45, 7) is 1.62. The van der Waals surface area contributed by atoms with Crippen molar-refractivity contribution < 1.29 is 9.90 Å². The summed E-state index contributed by atoms with van der Waals surface area (Å²) in [6, 6.07) is 20.7. The standard InChI is InChI=1S/C25H18N4O3/c1-14(27)22(17-6-8-18(9-7-17)25(31)32)23-28-21-12-19(10-11-20(21)24(30)29-23)16-4-2-15(13-26)3-5-16/h2-12,22,27H,1H3,(H,31,32)(H,28,29,30). The smallest absolute Gasteiger partial charge is 0.335 e. The molecule has 0 saturated carbocycles. The van der Waals surface area contributed by atoms with Gasteiger partial charge in [0, 0.05) is 5.71 Å². The highest BCUT2D eigenvalue weighted by Crippen LogP contribution is 2.26. The fourth-order valence-corrected chi connectivity index (χ4v) is 3.64. The minimum Gasteiger partial charge on any atom is -0.478 e. The maximum absolute atomic E-state index is 12.8. The van der Waals surface area contributed by atoms with E-state index in [1.165, 1.54) is 12.1 Å². The molecule has 7 heteroatoms. The number of H-pyrrole nitrogens is 1. The lowest BCUT2D eigenvalue weighted by molar-refractivity contribution is 0.0697. The summed E-state index contributed by atoms with van der Waals surface area (Å²) in [5.41, 5.74) is 3.53. The van der Waals surface area contributed by atoms with Crippen LogP contribution in [0.15, 0.2) is 71.5 Å². The highest BCUT2D eigenvalue weighted by atomic mass is 16.4. The summed E-state index contributed by atoms with van der Waals surface area (Å²) in [5, 5.41) is 26.8. The number of aromatic carboxylic acids is 1. The number of nitrogens with zero attached hydrogens (tertiary/aromatic N) is 2. The molecule has 0 saturated heterocycles. The van der Waals surface area contributed by atoms with Gasteiger partial charge in [0.25, 0.3) is 5.56 Å². The van der Waals surface area contributed by atoms with Crippen LogP contribution in [0.2, 0.25) is 0 Å². The van der Waals surface area contributed by atoms with Crippen LogP contribution in [0.3, 0.4) is 0 Å². The second-order valence-corrected chi connectivity index (χ2v) is 7.42. The van der Waals surface area contributed by atoms with Gasteiger partial charge in [-0.2, -0.15) is 5.26 Å². The first-order valence-corrected chi connectivity index (χ1v) is 9.80. The van der Waals surface area contributed by atoms with Crippen LogP contribution in [0, 0.1) is 16.7 Å². The highest BCUT2D eigenvalue weighted by Gasteiger charge is 2.21. The Kier molecular flexibility index (Phi) is 5.36. The molecule has 32 heavy (non-hydrogen) atoms. The zero-order valence-corrected chi connectivity index (χ0v) is 17.1. The first-order valence-electron chi connectivity index (χ1n) is 9.80. The lowest BCUT2D eigenvalue weighted by Crippen LogP contribution is -2.19. The quantitative estimate of drug-likeness (QED) is 0.412. The van der Waals surface area contributed by atoms with Crippen LogP contribution in [0.1, 0.15) is 40.2 Å². The molecule has 4 rings (SSSR count). The monoisotopic (exact) mass is 422 g/mol. The lowest BCUT2D eigenvalue weighted by atomic mass is 9.93. The van der Waals surface area contributed by atoms with Gasteiger partial charge in [-0.3, -0.25) is 4.79 Å². The first kappa shape index (κ1) is 20.7. The topological polar surface area (TPSA) is 131 Å². The van der Waals surface area contributed by atoms with E-state index in [9.17, 15) is 9.59 Å². The van der Waals surface area contributed by atoms with Gasteiger partial charge >= 0.3 is 5.97 Å². The molecule has 0 bridgehead atoms. The first-order chi connectivity index (χ1) is 15.4. The Morgan fingerprint density at radius 3 is 2.31 bits per heavy atom. The Bertz CT molecular complexity index is 1450. The number of hydrogen-bond acceptors (Lipinski definition) is 5. The van der Waals surface area contributed by atoms with Crippen LogP contribution in [-0.4, -0.2) is 26.8 Å². The Hall–Kier alpha value is -4.57. The molecule has 1 unspecified atom stereocenters. The molecular weight excluding hydrogens is 404 g/mol. The molecule has 0 radical (unpaired) electrons. The average Bonchev–Trinajstić information content (AvgIpc) is 2.79. The number of aromatic nitrogens is 2. The molecule has 3 aromatic carbocycles. The van der Waals surface area contributed by atoms with Crippen molar-refractivity contribution in [3.8, 4) is 17.2 Å². The van der Waals surface area contributed by atoms with Gasteiger partial charge in [-0.15, -0.1) is 0 Å². The van der Waals surface area contributed by atoms with Gasteiger partial charge in [-0.1, -0.05) is 30.3 Å². The van der Waals surface area contributed by atoms with Crippen LogP contribution in [0.4, 0.5) is 0 Å². The molecule has 0 aliphatic heterocycles. The zero-order valence-electron chi connectivity index (χ0n) is 17.1. The summed E-state index contributed by atoms with van der Waals surface area (Å²) < 4.78 is 0. The van der Waals surface area contributed by atoms with Crippen molar-refractivity contribution in [2.75, 3.05) is 0 Å². The molecule has 0 aliphatic rings. The van der Waals surface area contributed by atoms with E-state index in [1.807, 2.05) is 18.2 Å². The molecule has 1 atom stereocenters. The number of fused-ring (bicyclic) bond motifs is 1. The lowest BCUT2D eigenvalue weighted by Gasteiger charge is -2.16. The maximum atomic E-state index is 12.8. The molecule has 4 aromatic rings. The Balaban J connectivity index is 1.81. The summed E-state index contributed by atoms with van der Waals surface area (Å²) in [6.07, 6.45) is 0. The van der Waals surface area contributed by atoms with Gasteiger partial charge in [0.1, 0.15) is 5.82 Å². The molecule has 3 N–H and O–H groups in total. The minimum absolute atomic E-state index is 0.141. The third kappa shape index (κ3) is 3.89. The van der Waals surface area contributed by atoms with E-state index in [0.717, 1.165) is 11.1 Å². The molecular formula is C25H18N4O3. The number of carboxylic acid groups (broad SMARTS) is 1. The molecule has 0 amide bonds. The second-order valence-electron chi connectivity index (χ2n) is 7.42. The predicted octanol–water partition coefficient (Wildman–Crippen LogP) is 4.33. The van der Waals surface area contributed by atoms with E-state index in [-0.39, 0.29) is 16.8 Å². The summed E-state index contributed by atoms with van der Waals surface area (Å²) in [4.78, 5) is 31.3. The number of nitrogens with one attached hydrogen (secondary N) is 2. The van der Waals surface area contributed by atoms with E-state index in [1.54, 1.807) is 43.3 Å². The Morgan fingerprint density at radius 1 is 1.06 bits per heavy atom. The van der Waals surface area contributed by atoms with Crippen molar-refractivity contribution in [2.24, 2.45) is 0 Å². The van der Waals surface area contributed by atoms with Gasteiger partial charge < -0.3 is 15.5 Å². The van der Waals surface area contributed by atoms with Crippen molar-refractivity contribution in [2.45, 2.75) is 12.8 Å². The molecule has 0 aliphatic carbocycles. The summed E-state index contributed by atoms with van der Waals surface area (Å²) in [7, 11) is 0. The number of carbonyl (C=O) groups is 1. The van der Waals surface area contributed by atoms with Crippen LogP contribution in [-0.2, 0) is 0 Å². The summed E-state index contributed by atoms with van der Waals surface area (Å²) in [5.74, 6) is -1.34. The fraction of sp³-hybridized carbons (Fsp3) is 0.0800. The van der Waals surface area contributed by atoms with Crippen molar-refractivity contribution in [3.05, 3.63) is 99.6 Å². The molecule has 156 valence electrons. The van der Waals surface area contributed by atoms with Gasteiger partial charge in [-0.05, 0) is 60.0 Å². The predicted molar refractivity (Wildman–Crippen MR) is 121 cm³/mol. The van der Waals surface area contributed by atoms with E-state index >= 15 is 0 Å². The number of aromatic amines is 1. The van der Waals surface area contributed by atoms with Crippen LogP contribution >= 0.6 is 0 Å². The maximum Gasteiger partial charge on any atom is 0.335 e. The number of benzene rings is 3. The molecule has 0 spiro atoms. The Labute approximate surface area is 183 Å². The number of hydrogen-bond donors (Lipinski definition) is 3. The van der Waals surface area contributed by atoms with Gasteiger partial charge in [0.05, 0.1) is 34.0 Å². The highest BCUT2D eigenvalue weighted by molar-refractivity contribution is 5.91. The number of rotatable bonds is 5. The molecule has 0 fully saturated rings. The van der Waals surface area contributed by atoms with E-state index in [2.05, 4.69) is 16.0 Å². The zero-order chi connectivity index (χ0) is 22.8. The van der Waals surface area contributed by atoms with E-state index < -0.39 is 11.9 Å². The van der Waals surface area contributed by atoms with Crippen molar-refractivity contribution in [1.29, 1.82) is 10.7 Å². The van der Waals surface area contributed by atoms with Crippen LogP contribution in [0.5, 0.6) is 0 Å². The van der Waals surface area contributed by atoms with E-state index in [4.69, 9.17) is 15.8 Å². The fourth-order valence-electron chi connectivity index (χ4n) is 3.64. The van der Waals surface area contributed by atoms with Gasteiger partial charge in [0.2, 0.25) is 0 Å². The SMILES string of the molecule is CC(=N)C(c1ccc(C(=O)O)cc1)c1nc2cc(-c3ccc(C#N)cc3)ccc2c(=O)[nH]1. The minimum atomic E-state index is -1.03. The number of carboxylic acids is 1. The van der Waals surface area contributed by atoms with Crippen molar-refractivity contribution in [1.82, 2.24) is 9.97 Å². The average molecular weight is 422 g/mol. The molecule has 7 nitrogen and oxygen atoms in total. The third-order valence-electron chi connectivity index (χ3n) is 5.27. The van der Waals surface area contributed by atoms with Crippen LogP contribution in [0.25, 0.3) is 22.0 Å². The largest absolute Gasteiger partial charge is 0.478 e. The third-order valence-corrected chi connectivity index (χ3v) is 5.27. The normalized spacial score (nSPS) is 11.6. The van der Waals surface area contributed by atoms with Crippen molar-refractivity contribution >= 4 is 22.6 Å². The van der Waals surface area contributed by atoms with Gasteiger partial charge in [0.15, 0.2) is 0 Å².